The lowest BCUT2D eigenvalue weighted by atomic mass is 10.0. The molecule has 4 heteroatoms. The van der Waals surface area contributed by atoms with E-state index in [1.807, 2.05) is 6.20 Å². The summed E-state index contributed by atoms with van der Waals surface area (Å²) in [6, 6.07) is 8.37. The summed E-state index contributed by atoms with van der Waals surface area (Å²) in [5.74, 6) is 0. The molecule has 1 fully saturated rings. The van der Waals surface area contributed by atoms with Crippen molar-refractivity contribution in [2.24, 2.45) is 0 Å². The Morgan fingerprint density at radius 3 is 2.74 bits per heavy atom. The van der Waals surface area contributed by atoms with Gasteiger partial charge in [-0.05, 0) is 12.5 Å². The predicted octanol–water partition coefficient (Wildman–Crippen LogP) is 1.86. The molecule has 1 aliphatic heterocycles. The smallest absolute Gasteiger partial charge is 0.116 e. The van der Waals surface area contributed by atoms with Gasteiger partial charge in [0.2, 0.25) is 0 Å². The van der Waals surface area contributed by atoms with Crippen LogP contribution in [0.2, 0.25) is 0 Å². The molecule has 0 spiro atoms. The maximum atomic E-state index is 4.51. The average Bonchev–Trinajstić information content (AvgIpc) is 2.49. The predicted molar refractivity (Wildman–Crippen MR) is 77.3 cm³/mol. The standard InChI is InChI=1S/C15H18N4/c1-12-4-2-3-5-13(12)15-14(10-17-11-18-15)19-8-6-16-7-9-19/h2-5,10-11,16H,6-9H2,1H3. The monoisotopic (exact) mass is 254 g/mol. The molecule has 3 rings (SSSR count). The fourth-order valence-corrected chi connectivity index (χ4v) is 2.51. The Hall–Kier alpha value is -1.94. The Morgan fingerprint density at radius 2 is 1.95 bits per heavy atom. The van der Waals surface area contributed by atoms with Crippen molar-refractivity contribution in [1.82, 2.24) is 15.3 Å². The van der Waals surface area contributed by atoms with Crippen molar-refractivity contribution >= 4 is 5.69 Å². The van der Waals surface area contributed by atoms with Crippen LogP contribution in [-0.4, -0.2) is 36.1 Å². The van der Waals surface area contributed by atoms with E-state index < -0.39 is 0 Å². The van der Waals surface area contributed by atoms with Crippen molar-refractivity contribution in [1.29, 1.82) is 0 Å². The summed E-state index contributed by atoms with van der Waals surface area (Å²) < 4.78 is 0. The first-order valence-corrected chi connectivity index (χ1v) is 6.68. The number of nitrogens with zero attached hydrogens (tertiary/aromatic N) is 3. The fraction of sp³-hybridized carbons (Fsp3) is 0.333. The molecule has 1 aliphatic rings. The van der Waals surface area contributed by atoms with E-state index in [2.05, 4.69) is 51.4 Å². The zero-order valence-corrected chi connectivity index (χ0v) is 11.1. The molecule has 1 saturated heterocycles. The van der Waals surface area contributed by atoms with Crippen molar-refractivity contribution in [2.75, 3.05) is 31.1 Å². The fourth-order valence-electron chi connectivity index (χ4n) is 2.51. The molecule has 98 valence electrons. The number of hydrogen-bond donors (Lipinski definition) is 1. The third-order valence-electron chi connectivity index (χ3n) is 3.55. The minimum Gasteiger partial charge on any atom is -0.366 e. The number of hydrogen-bond acceptors (Lipinski definition) is 4. The molecule has 1 aromatic heterocycles. The summed E-state index contributed by atoms with van der Waals surface area (Å²) in [5.41, 5.74) is 4.62. The summed E-state index contributed by atoms with van der Waals surface area (Å²) in [6.45, 7) is 6.17. The summed E-state index contributed by atoms with van der Waals surface area (Å²) >= 11 is 0. The molecule has 0 saturated carbocycles. The molecule has 0 radical (unpaired) electrons. The van der Waals surface area contributed by atoms with E-state index in [0.29, 0.717) is 0 Å². The van der Waals surface area contributed by atoms with Crippen LogP contribution in [0.15, 0.2) is 36.8 Å². The first kappa shape index (κ1) is 12.1. The van der Waals surface area contributed by atoms with Crippen LogP contribution in [0.3, 0.4) is 0 Å². The van der Waals surface area contributed by atoms with Crippen molar-refractivity contribution < 1.29 is 0 Å². The lowest BCUT2D eigenvalue weighted by Gasteiger charge is -2.30. The number of benzene rings is 1. The van der Waals surface area contributed by atoms with E-state index >= 15 is 0 Å². The Morgan fingerprint density at radius 1 is 1.16 bits per heavy atom. The van der Waals surface area contributed by atoms with E-state index in [4.69, 9.17) is 0 Å². The van der Waals surface area contributed by atoms with Gasteiger partial charge in [-0.15, -0.1) is 0 Å². The molecule has 2 aromatic rings. The SMILES string of the molecule is Cc1ccccc1-c1ncncc1N1CCNCC1. The largest absolute Gasteiger partial charge is 0.366 e. The van der Waals surface area contributed by atoms with Crippen LogP contribution < -0.4 is 10.2 Å². The van der Waals surface area contributed by atoms with Gasteiger partial charge < -0.3 is 10.2 Å². The van der Waals surface area contributed by atoms with Crippen molar-refractivity contribution in [3.8, 4) is 11.3 Å². The Bertz CT molecular complexity index is 562. The van der Waals surface area contributed by atoms with Crippen LogP contribution in [0, 0.1) is 6.92 Å². The first-order valence-electron chi connectivity index (χ1n) is 6.68. The van der Waals surface area contributed by atoms with Gasteiger partial charge in [-0.25, -0.2) is 9.97 Å². The molecular formula is C15H18N4. The summed E-state index contributed by atoms with van der Waals surface area (Å²) in [5, 5.41) is 3.37. The Labute approximate surface area is 113 Å². The van der Waals surface area contributed by atoms with Crippen LogP contribution in [0.25, 0.3) is 11.3 Å². The van der Waals surface area contributed by atoms with E-state index in [1.54, 1.807) is 6.33 Å². The molecule has 0 bridgehead atoms. The van der Waals surface area contributed by atoms with Gasteiger partial charge in [0.15, 0.2) is 0 Å². The zero-order chi connectivity index (χ0) is 13.1. The zero-order valence-electron chi connectivity index (χ0n) is 11.1. The Balaban J connectivity index is 2.04. The summed E-state index contributed by atoms with van der Waals surface area (Å²) in [6.07, 6.45) is 3.56. The first-order chi connectivity index (χ1) is 9.36. The topological polar surface area (TPSA) is 41.1 Å². The second kappa shape index (κ2) is 5.36. The quantitative estimate of drug-likeness (QED) is 0.888. The van der Waals surface area contributed by atoms with E-state index in [1.165, 1.54) is 11.1 Å². The van der Waals surface area contributed by atoms with Crippen LogP contribution in [0.4, 0.5) is 5.69 Å². The highest BCUT2D eigenvalue weighted by molar-refractivity contribution is 5.76. The van der Waals surface area contributed by atoms with Crippen molar-refractivity contribution in [2.45, 2.75) is 6.92 Å². The highest BCUT2D eigenvalue weighted by atomic mass is 15.2. The number of nitrogens with one attached hydrogen (secondary N) is 1. The van der Waals surface area contributed by atoms with Crippen molar-refractivity contribution in [3.63, 3.8) is 0 Å². The number of rotatable bonds is 2. The van der Waals surface area contributed by atoms with Gasteiger partial charge in [0.05, 0.1) is 17.6 Å². The highest BCUT2D eigenvalue weighted by Crippen LogP contribution is 2.30. The van der Waals surface area contributed by atoms with Gasteiger partial charge in [-0.3, -0.25) is 0 Å². The van der Waals surface area contributed by atoms with E-state index in [-0.39, 0.29) is 0 Å². The second-order valence-corrected chi connectivity index (χ2v) is 4.81. The molecule has 2 heterocycles. The maximum absolute atomic E-state index is 4.51. The molecule has 0 unspecified atom stereocenters. The van der Waals surface area contributed by atoms with E-state index in [0.717, 1.165) is 37.6 Å². The summed E-state index contributed by atoms with van der Waals surface area (Å²) in [4.78, 5) is 11.1. The van der Waals surface area contributed by atoms with Crippen LogP contribution in [0.5, 0.6) is 0 Å². The lowest BCUT2D eigenvalue weighted by molar-refractivity contribution is 0.588. The molecule has 1 N–H and O–H groups in total. The van der Waals surface area contributed by atoms with Gasteiger partial charge in [0, 0.05) is 31.7 Å². The highest BCUT2D eigenvalue weighted by Gasteiger charge is 2.17. The number of anilines is 1. The number of aromatic nitrogens is 2. The Kier molecular flexibility index (Phi) is 3.42. The number of piperazine rings is 1. The molecule has 0 amide bonds. The van der Waals surface area contributed by atoms with Crippen LogP contribution in [0.1, 0.15) is 5.56 Å². The minimum absolute atomic E-state index is 1.01. The van der Waals surface area contributed by atoms with Crippen molar-refractivity contribution in [3.05, 3.63) is 42.4 Å². The average molecular weight is 254 g/mol. The third kappa shape index (κ3) is 2.44. The maximum Gasteiger partial charge on any atom is 0.116 e. The molecule has 0 atom stereocenters. The molecular weight excluding hydrogens is 236 g/mol. The van der Waals surface area contributed by atoms with E-state index in [9.17, 15) is 0 Å². The normalized spacial score (nSPS) is 15.5. The molecule has 1 aromatic carbocycles. The van der Waals surface area contributed by atoms with Crippen LogP contribution >= 0.6 is 0 Å². The van der Waals surface area contributed by atoms with Gasteiger partial charge in [0.25, 0.3) is 0 Å². The van der Waals surface area contributed by atoms with Gasteiger partial charge >= 0.3 is 0 Å². The summed E-state index contributed by atoms with van der Waals surface area (Å²) in [7, 11) is 0. The van der Waals surface area contributed by atoms with Gasteiger partial charge in [-0.2, -0.15) is 0 Å². The number of aryl methyl sites for hydroxylation is 1. The molecule has 4 nitrogen and oxygen atoms in total. The van der Waals surface area contributed by atoms with Gasteiger partial charge in [-0.1, -0.05) is 24.3 Å². The second-order valence-electron chi connectivity index (χ2n) is 4.81. The van der Waals surface area contributed by atoms with Gasteiger partial charge in [0.1, 0.15) is 6.33 Å². The lowest BCUT2D eigenvalue weighted by Crippen LogP contribution is -2.43. The van der Waals surface area contributed by atoms with Crippen LogP contribution in [-0.2, 0) is 0 Å². The minimum atomic E-state index is 1.01. The molecule has 0 aliphatic carbocycles. The molecule has 19 heavy (non-hydrogen) atoms. The third-order valence-corrected chi connectivity index (χ3v) is 3.55.